The monoisotopic (exact) mass is 416 g/mol. The number of hydrogen-bond donors (Lipinski definition) is 1. The number of carbonyl (C=O) groups is 2. The molecule has 1 aliphatic rings. The molecule has 0 radical (unpaired) electrons. The Bertz CT molecular complexity index is 1130. The van der Waals surface area contributed by atoms with Crippen LogP contribution in [0.2, 0.25) is 0 Å². The zero-order valence-corrected chi connectivity index (χ0v) is 18.1. The summed E-state index contributed by atoms with van der Waals surface area (Å²) in [5, 5.41) is 2.88. The first-order chi connectivity index (χ1) is 14.4. The molecular formula is C25H24N2O2S. The second-order valence-electron chi connectivity index (χ2n) is 7.61. The number of aryl methyl sites for hydroxylation is 3. The molecule has 1 atom stereocenters. The smallest absolute Gasteiger partial charge is 0.255 e. The number of thioether (sulfide) groups is 1. The molecule has 152 valence electrons. The van der Waals surface area contributed by atoms with Crippen molar-refractivity contribution in [2.75, 3.05) is 16.0 Å². The van der Waals surface area contributed by atoms with Gasteiger partial charge in [0.15, 0.2) is 0 Å². The minimum Gasteiger partial charge on any atom is -0.322 e. The van der Waals surface area contributed by atoms with E-state index in [0.29, 0.717) is 11.3 Å². The number of nitrogens with zero attached hydrogens (tertiary/aromatic N) is 1. The number of benzene rings is 3. The second kappa shape index (κ2) is 8.36. The standard InChI is InChI=1S/C25H24N2O2S/c1-16-11-12-22(18(3)13-16)27-23(28)15-30-25(27)19-8-6-9-20(14-19)26-24(29)21-10-5-4-7-17(21)2/h4-14,25H,15H2,1-3H3,(H,26,29)/t25-/m0/s1. The van der Waals surface area contributed by atoms with Crippen LogP contribution in [0.4, 0.5) is 11.4 Å². The highest BCUT2D eigenvalue weighted by Gasteiger charge is 2.34. The Morgan fingerprint density at radius 3 is 2.53 bits per heavy atom. The molecular weight excluding hydrogens is 392 g/mol. The molecule has 0 bridgehead atoms. The fraction of sp³-hybridized carbons (Fsp3) is 0.200. The third-order valence-corrected chi connectivity index (χ3v) is 6.51. The maximum atomic E-state index is 12.7. The van der Waals surface area contributed by atoms with Gasteiger partial charge >= 0.3 is 0 Å². The molecule has 30 heavy (non-hydrogen) atoms. The molecule has 1 N–H and O–H groups in total. The van der Waals surface area contributed by atoms with Crippen molar-refractivity contribution < 1.29 is 9.59 Å². The van der Waals surface area contributed by atoms with Gasteiger partial charge in [-0.2, -0.15) is 0 Å². The van der Waals surface area contributed by atoms with Gasteiger partial charge in [0, 0.05) is 16.9 Å². The van der Waals surface area contributed by atoms with Crippen molar-refractivity contribution in [3.05, 3.63) is 94.5 Å². The van der Waals surface area contributed by atoms with Crippen LogP contribution in [0, 0.1) is 20.8 Å². The van der Waals surface area contributed by atoms with Gasteiger partial charge in [-0.1, -0.05) is 48.0 Å². The highest BCUT2D eigenvalue weighted by Crippen LogP contribution is 2.43. The summed E-state index contributed by atoms with van der Waals surface area (Å²) in [6.07, 6.45) is 0. The molecule has 3 aromatic carbocycles. The molecule has 0 saturated carbocycles. The lowest BCUT2D eigenvalue weighted by molar-refractivity contribution is -0.115. The Morgan fingerprint density at radius 1 is 0.967 bits per heavy atom. The lowest BCUT2D eigenvalue weighted by atomic mass is 10.1. The Hall–Kier alpha value is -3.05. The predicted molar refractivity (Wildman–Crippen MR) is 124 cm³/mol. The first-order valence-electron chi connectivity index (χ1n) is 9.92. The molecule has 5 heteroatoms. The number of carbonyl (C=O) groups excluding carboxylic acids is 2. The Morgan fingerprint density at radius 2 is 1.77 bits per heavy atom. The van der Waals surface area contributed by atoms with Crippen LogP contribution in [0.3, 0.4) is 0 Å². The van der Waals surface area contributed by atoms with E-state index in [0.717, 1.165) is 28.1 Å². The highest BCUT2D eigenvalue weighted by atomic mass is 32.2. The van der Waals surface area contributed by atoms with Gasteiger partial charge in [0.2, 0.25) is 5.91 Å². The summed E-state index contributed by atoms with van der Waals surface area (Å²) in [6, 6.07) is 21.5. The lowest BCUT2D eigenvalue weighted by Crippen LogP contribution is -2.28. The molecule has 1 saturated heterocycles. The SMILES string of the molecule is Cc1ccc(N2C(=O)CS[C@H]2c2cccc(NC(=O)c3ccccc3C)c2)c(C)c1. The highest BCUT2D eigenvalue weighted by molar-refractivity contribution is 8.00. The summed E-state index contributed by atoms with van der Waals surface area (Å²) in [4.78, 5) is 27.3. The van der Waals surface area contributed by atoms with Gasteiger partial charge in [-0.05, 0) is 61.7 Å². The lowest BCUT2D eigenvalue weighted by Gasteiger charge is -2.26. The van der Waals surface area contributed by atoms with Crippen molar-refractivity contribution >= 4 is 35.0 Å². The van der Waals surface area contributed by atoms with Gasteiger partial charge in [-0.25, -0.2) is 0 Å². The number of nitrogens with one attached hydrogen (secondary N) is 1. The van der Waals surface area contributed by atoms with Crippen LogP contribution in [0.5, 0.6) is 0 Å². The van der Waals surface area contributed by atoms with Crippen LogP contribution in [0.15, 0.2) is 66.7 Å². The van der Waals surface area contributed by atoms with Gasteiger partial charge in [-0.15, -0.1) is 11.8 Å². The van der Waals surface area contributed by atoms with E-state index in [1.165, 1.54) is 5.56 Å². The molecule has 2 amide bonds. The molecule has 0 unspecified atom stereocenters. The second-order valence-corrected chi connectivity index (χ2v) is 8.68. The molecule has 1 aliphatic heterocycles. The van der Waals surface area contributed by atoms with Crippen molar-refractivity contribution in [2.24, 2.45) is 0 Å². The summed E-state index contributed by atoms with van der Waals surface area (Å²) in [7, 11) is 0. The molecule has 4 rings (SSSR count). The minimum absolute atomic E-state index is 0.103. The molecule has 1 fully saturated rings. The largest absolute Gasteiger partial charge is 0.322 e. The average Bonchev–Trinajstić information content (AvgIpc) is 3.10. The van der Waals surface area contributed by atoms with Gasteiger partial charge in [-0.3, -0.25) is 14.5 Å². The van der Waals surface area contributed by atoms with Gasteiger partial charge in [0.05, 0.1) is 5.75 Å². The topological polar surface area (TPSA) is 49.4 Å². The Balaban J connectivity index is 1.62. The number of rotatable bonds is 4. The Kier molecular flexibility index (Phi) is 5.64. The van der Waals surface area contributed by atoms with E-state index in [1.54, 1.807) is 11.8 Å². The number of hydrogen-bond acceptors (Lipinski definition) is 3. The van der Waals surface area contributed by atoms with Crippen LogP contribution < -0.4 is 10.2 Å². The Labute approximate surface area is 181 Å². The molecule has 3 aromatic rings. The molecule has 0 aromatic heterocycles. The van der Waals surface area contributed by atoms with Crippen LogP contribution in [0.1, 0.15) is 38.0 Å². The third kappa shape index (κ3) is 3.98. The van der Waals surface area contributed by atoms with Crippen LogP contribution in [0.25, 0.3) is 0 Å². The zero-order valence-electron chi connectivity index (χ0n) is 17.3. The van der Waals surface area contributed by atoms with Crippen molar-refractivity contribution in [2.45, 2.75) is 26.1 Å². The van der Waals surface area contributed by atoms with E-state index in [4.69, 9.17) is 0 Å². The van der Waals surface area contributed by atoms with Gasteiger partial charge in [0.25, 0.3) is 5.91 Å². The summed E-state index contributed by atoms with van der Waals surface area (Å²) >= 11 is 1.61. The quantitative estimate of drug-likeness (QED) is 0.598. The fourth-order valence-corrected chi connectivity index (χ4v) is 4.96. The first-order valence-corrected chi connectivity index (χ1v) is 11.0. The average molecular weight is 417 g/mol. The number of anilines is 2. The van der Waals surface area contributed by atoms with Crippen molar-refractivity contribution in [3.8, 4) is 0 Å². The molecule has 0 spiro atoms. The fourth-order valence-electron chi connectivity index (χ4n) is 3.80. The van der Waals surface area contributed by atoms with Crippen molar-refractivity contribution in [1.82, 2.24) is 0 Å². The van der Waals surface area contributed by atoms with Crippen molar-refractivity contribution in [1.29, 1.82) is 0 Å². The van der Waals surface area contributed by atoms with Gasteiger partial charge < -0.3 is 5.32 Å². The summed E-state index contributed by atoms with van der Waals surface area (Å²) < 4.78 is 0. The van der Waals surface area contributed by atoms with E-state index in [9.17, 15) is 9.59 Å². The van der Waals surface area contributed by atoms with Crippen LogP contribution >= 0.6 is 11.8 Å². The van der Waals surface area contributed by atoms with Crippen LogP contribution in [-0.4, -0.2) is 17.6 Å². The minimum atomic E-state index is -0.133. The summed E-state index contributed by atoms with van der Waals surface area (Å²) in [5.74, 6) is 0.413. The molecule has 4 nitrogen and oxygen atoms in total. The van der Waals surface area contributed by atoms with E-state index in [-0.39, 0.29) is 17.2 Å². The van der Waals surface area contributed by atoms with E-state index in [2.05, 4.69) is 18.3 Å². The first kappa shape index (κ1) is 20.2. The summed E-state index contributed by atoms with van der Waals surface area (Å²) in [5.41, 5.74) is 6.51. The maximum Gasteiger partial charge on any atom is 0.255 e. The maximum absolute atomic E-state index is 12.7. The summed E-state index contributed by atoms with van der Waals surface area (Å²) in [6.45, 7) is 6.01. The van der Waals surface area contributed by atoms with Crippen molar-refractivity contribution in [3.63, 3.8) is 0 Å². The normalized spacial score (nSPS) is 16.0. The molecule has 0 aliphatic carbocycles. The van der Waals surface area contributed by atoms with E-state index >= 15 is 0 Å². The zero-order chi connectivity index (χ0) is 21.3. The number of amides is 2. The third-order valence-electron chi connectivity index (χ3n) is 5.30. The predicted octanol–water partition coefficient (Wildman–Crippen LogP) is 5.64. The van der Waals surface area contributed by atoms with E-state index in [1.807, 2.05) is 79.4 Å². The van der Waals surface area contributed by atoms with Crippen LogP contribution in [-0.2, 0) is 4.79 Å². The van der Waals surface area contributed by atoms with E-state index < -0.39 is 0 Å². The van der Waals surface area contributed by atoms with Gasteiger partial charge in [0.1, 0.15) is 5.37 Å². The molecule has 1 heterocycles.